The molecule has 0 radical (unpaired) electrons. The third-order valence-corrected chi connectivity index (χ3v) is 3.97. The van der Waals surface area contributed by atoms with Crippen LogP contribution in [-0.2, 0) is 11.2 Å². The molecule has 0 unspecified atom stereocenters. The largest absolute Gasteiger partial charge is 0.371 e. The Kier molecular flexibility index (Phi) is 3.69. The van der Waals surface area contributed by atoms with E-state index < -0.39 is 0 Å². The van der Waals surface area contributed by atoms with Crippen LogP contribution in [0.3, 0.4) is 0 Å². The number of hydrogen-bond donors (Lipinski definition) is 0. The second-order valence-corrected chi connectivity index (χ2v) is 5.86. The Morgan fingerprint density at radius 1 is 1.26 bits per heavy atom. The van der Waals surface area contributed by atoms with Crippen molar-refractivity contribution >= 4 is 5.82 Å². The summed E-state index contributed by atoms with van der Waals surface area (Å²) in [6.45, 7) is 6.21. The van der Waals surface area contributed by atoms with Gasteiger partial charge in [0.1, 0.15) is 0 Å². The summed E-state index contributed by atoms with van der Waals surface area (Å²) in [6, 6.07) is 4.22. The number of ether oxygens (including phenoxy) is 1. The Morgan fingerprint density at radius 2 is 2.11 bits per heavy atom. The summed E-state index contributed by atoms with van der Waals surface area (Å²) in [7, 11) is 0. The maximum Gasteiger partial charge on any atom is 0.151 e. The molecule has 4 heteroatoms. The van der Waals surface area contributed by atoms with E-state index in [9.17, 15) is 0 Å². The van der Waals surface area contributed by atoms with Gasteiger partial charge in [0, 0.05) is 13.1 Å². The van der Waals surface area contributed by atoms with Crippen LogP contribution in [0.2, 0.25) is 0 Å². The molecule has 0 amide bonds. The van der Waals surface area contributed by atoms with Crippen molar-refractivity contribution in [2.24, 2.45) is 5.92 Å². The fraction of sp³-hybridized carbons (Fsp3) is 0.733. The molecule has 2 atom stereocenters. The smallest absolute Gasteiger partial charge is 0.151 e. The van der Waals surface area contributed by atoms with Gasteiger partial charge >= 0.3 is 0 Å². The third-order valence-electron chi connectivity index (χ3n) is 3.97. The Bertz CT molecular complexity index is 416. The predicted octanol–water partition coefficient (Wildman–Crippen LogP) is 2.43. The lowest BCUT2D eigenvalue weighted by Gasteiger charge is -2.37. The summed E-state index contributed by atoms with van der Waals surface area (Å²) in [6.07, 6.45) is 5.46. The van der Waals surface area contributed by atoms with Crippen LogP contribution in [0.1, 0.15) is 38.8 Å². The third kappa shape index (κ3) is 3.06. The standard InChI is InChI=1S/C15H23N3O/c1-3-4-13-7-8-15(17-16-13)18-9-11(2)19-14(10-18)12-5-6-12/h7-8,11-12,14H,3-6,9-10H2,1-2H3/t11-,14+/m1/s1. The van der Waals surface area contributed by atoms with Crippen molar-refractivity contribution in [3.63, 3.8) is 0 Å². The average molecular weight is 261 g/mol. The van der Waals surface area contributed by atoms with Crippen molar-refractivity contribution in [1.29, 1.82) is 0 Å². The molecule has 0 spiro atoms. The Balaban J connectivity index is 1.69. The molecule has 0 bridgehead atoms. The number of hydrogen-bond acceptors (Lipinski definition) is 4. The van der Waals surface area contributed by atoms with Crippen molar-refractivity contribution in [3.8, 4) is 0 Å². The van der Waals surface area contributed by atoms with Crippen molar-refractivity contribution < 1.29 is 4.74 Å². The molecule has 2 aliphatic rings. The monoisotopic (exact) mass is 261 g/mol. The quantitative estimate of drug-likeness (QED) is 0.834. The first kappa shape index (κ1) is 12.9. The molecule has 104 valence electrons. The minimum absolute atomic E-state index is 0.288. The van der Waals surface area contributed by atoms with E-state index >= 15 is 0 Å². The zero-order valence-electron chi connectivity index (χ0n) is 11.9. The van der Waals surface area contributed by atoms with Crippen LogP contribution in [0.4, 0.5) is 5.82 Å². The van der Waals surface area contributed by atoms with Crippen molar-refractivity contribution in [3.05, 3.63) is 17.8 Å². The van der Waals surface area contributed by atoms with E-state index in [1.165, 1.54) is 12.8 Å². The fourth-order valence-electron chi connectivity index (χ4n) is 2.81. The molecule has 2 heterocycles. The van der Waals surface area contributed by atoms with Gasteiger partial charge in [-0.3, -0.25) is 0 Å². The molecule has 4 nitrogen and oxygen atoms in total. The number of nitrogens with zero attached hydrogens (tertiary/aromatic N) is 3. The van der Waals surface area contributed by atoms with Crippen molar-refractivity contribution in [1.82, 2.24) is 10.2 Å². The van der Waals surface area contributed by atoms with Crippen molar-refractivity contribution in [2.45, 2.75) is 51.7 Å². The fourth-order valence-corrected chi connectivity index (χ4v) is 2.81. The summed E-state index contributed by atoms with van der Waals surface area (Å²) in [5.74, 6) is 1.78. The molecule has 0 aromatic carbocycles. The van der Waals surface area contributed by atoms with E-state index in [2.05, 4.69) is 41.1 Å². The molecular weight excluding hydrogens is 238 g/mol. The molecule has 1 aromatic rings. The second kappa shape index (κ2) is 5.45. The van der Waals surface area contributed by atoms with E-state index in [-0.39, 0.29) is 6.10 Å². The minimum atomic E-state index is 0.288. The summed E-state index contributed by atoms with van der Waals surface area (Å²) in [5, 5.41) is 8.71. The lowest BCUT2D eigenvalue weighted by molar-refractivity contribution is -0.0274. The molecule has 2 fully saturated rings. The SMILES string of the molecule is CCCc1ccc(N2C[C@@H](C)O[C@H](C3CC3)C2)nn1. The molecular formula is C15H23N3O. The Morgan fingerprint density at radius 3 is 2.74 bits per heavy atom. The highest BCUT2D eigenvalue weighted by Crippen LogP contribution is 2.37. The molecule has 1 aromatic heterocycles. The highest BCUT2D eigenvalue weighted by atomic mass is 16.5. The van der Waals surface area contributed by atoms with Crippen LogP contribution >= 0.6 is 0 Å². The molecule has 19 heavy (non-hydrogen) atoms. The maximum atomic E-state index is 6.03. The summed E-state index contributed by atoms with van der Waals surface area (Å²) in [5.41, 5.74) is 1.09. The number of anilines is 1. The number of aryl methyl sites for hydroxylation is 1. The topological polar surface area (TPSA) is 38.2 Å². The molecule has 1 saturated heterocycles. The van der Waals surface area contributed by atoms with Crippen LogP contribution in [0.15, 0.2) is 12.1 Å². The van der Waals surface area contributed by atoms with Crippen LogP contribution in [-0.4, -0.2) is 35.5 Å². The van der Waals surface area contributed by atoms with Crippen LogP contribution in [0, 0.1) is 5.92 Å². The van der Waals surface area contributed by atoms with Gasteiger partial charge in [0.15, 0.2) is 5.82 Å². The summed E-state index contributed by atoms with van der Waals surface area (Å²) >= 11 is 0. The highest BCUT2D eigenvalue weighted by Gasteiger charge is 2.37. The van der Waals surface area contributed by atoms with Gasteiger partial charge in [-0.25, -0.2) is 0 Å². The van der Waals surface area contributed by atoms with Gasteiger partial charge in [0.2, 0.25) is 0 Å². The van der Waals surface area contributed by atoms with Crippen LogP contribution < -0.4 is 4.90 Å². The minimum Gasteiger partial charge on any atom is -0.371 e. The first-order valence-corrected chi connectivity index (χ1v) is 7.49. The molecule has 3 rings (SSSR count). The average Bonchev–Trinajstić information content (AvgIpc) is 3.23. The van der Waals surface area contributed by atoms with Crippen LogP contribution in [0.5, 0.6) is 0 Å². The van der Waals surface area contributed by atoms with E-state index in [1.807, 2.05) is 0 Å². The van der Waals surface area contributed by atoms with E-state index in [1.54, 1.807) is 0 Å². The highest BCUT2D eigenvalue weighted by molar-refractivity contribution is 5.38. The molecule has 1 aliphatic heterocycles. The zero-order chi connectivity index (χ0) is 13.2. The van der Waals surface area contributed by atoms with E-state index in [0.29, 0.717) is 6.10 Å². The normalized spacial score (nSPS) is 27.6. The van der Waals surface area contributed by atoms with Gasteiger partial charge < -0.3 is 9.64 Å². The number of aromatic nitrogens is 2. The van der Waals surface area contributed by atoms with Gasteiger partial charge in [-0.05, 0) is 44.2 Å². The van der Waals surface area contributed by atoms with Crippen molar-refractivity contribution in [2.75, 3.05) is 18.0 Å². The molecule has 0 N–H and O–H groups in total. The number of morpholine rings is 1. The van der Waals surface area contributed by atoms with Gasteiger partial charge in [-0.15, -0.1) is 5.10 Å². The van der Waals surface area contributed by atoms with Crippen LogP contribution in [0.25, 0.3) is 0 Å². The zero-order valence-corrected chi connectivity index (χ0v) is 11.9. The van der Waals surface area contributed by atoms with Gasteiger partial charge in [-0.2, -0.15) is 5.10 Å². The maximum absolute atomic E-state index is 6.03. The molecule has 1 aliphatic carbocycles. The first-order valence-electron chi connectivity index (χ1n) is 7.49. The molecule has 1 saturated carbocycles. The Labute approximate surface area is 115 Å². The van der Waals surface area contributed by atoms with Gasteiger partial charge in [0.05, 0.1) is 17.9 Å². The van der Waals surface area contributed by atoms with E-state index in [0.717, 1.165) is 43.4 Å². The predicted molar refractivity (Wildman–Crippen MR) is 75.3 cm³/mol. The number of rotatable bonds is 4. The summed E-state index contributed by atoms with van der Waals surface area (Å²) < 4.78 is 6.03. The lowest BCUT2D eigenvalue weighted by Crippen LogP contribution is -2.47. The summed E-state index contributed by atoms with van der Waals surface area (Å²) in [4.78, 5) is 2.33. The lowest BCUT2D eigenvalue weighted by atomic mass is 10.1. The van der Waals surface area contributed by atoms with Gasteiger partial charge in [0.25, 0.3) is 0 Å². The Hall–Kier alpha value is -1.16. The second-order valence-electron chi connectivity index (χ2n) is 5.86. The van der Waals surface area contributed by atoms with E-state index in [4.69, 9.17) is 4.74 Å². The van der Waals surface area contributed by atoms with Gasteiger partial charge in [-0.1, -0.05) is 13.3 Å². The first-order chi connectivity index (χ1) is 9.26.